The summed E-state index contributed by atoms with van der Waals surface area (Å²) in [5.74, 6) is 0.847. The maximum absolute atomic E-state index is 5.42. The molecule has 1 N–H and O–H groups in total. The normalized spacial score (nSPS) is 11.2. The highest BCUT2D eigenvalue weighted by molar-refractivity contribution is 5.76. The van der Waals surface area contributed by atoms with Crippen LogP contribution in [0, 0.1) is 0 Å². The molecule has 0 spiro atoms. The van der Waals surface area contributed by atoms with Gasteiger partial charge in [-0.05, 0) is 42.8 Å². The Balaban J connectivity index is 2.17. The molecule has 2 aromatic carbocycles. The van der Waals surface area contributed by atoms with Gasteiger partial charge in [0, 0.05) is 18.0 Å². The number of hydrogen-bond acceptors (Lipinski definition) is 3. The Labute approximate surface area is 126 Å². The largest absolute Gasteiger partial charge is 0.497 e. The standard InChI is InChI=1S/C18H21NO2/c1-3-21-14-13-18(15-7-5-4-6-8-15)19-16-9-11-17(20-2)12-10-16/h4-13,19H,3,14H2,1-2H3/b18-13+. The molecule has 0 unspecified atom stereocenters. The summed E-state index contributed by atoms with van der Waals surface area (Å²) < 4.78 is 10.6. The molecule has 110 valence electrons. The number of methoxy groups -OCH3 is 1. The van der Waals surface area contributed by atoms with Crippen molar-refractivity contribution in [1.29, 1.82) is 0 Å². The first-order valence-corrected chi connectivity index (χ1v) is 7.08. The summed E-state index contributed by atoms with van der Waals surface area (Å²) in [6.07, 6.45) is 2.06. The van der Waals surface area contributed by atoms with Gasteiger partial charge >= 0.3 is 0 Å². The van der Waals surface area contributed by atoms with Crippen molar-refractivity contribution in [1.82, 2.24) is 0 Å². The molecular formula is C18H21NO2. The average Bonchev–Trinajstić information content (AvgIpc) is 2.55. The lowest BCUT2D eigenvalue weighted by Crippen LogP contribution is -2.01. The molecular weight excluding hydrogens is 262 g/mol. The van der Waals surface area contributed by atoms with Crippen LogP contribution >= 0.6 is 0 Å². The Morgan fingerprint density at radius 3 is 2.38 bits per heavy atom. The van der Waals surface area contributed by atoms with Gasteiger partial charge in [0.15, 0.2) is 0 Å². The molecule has 0 bridgehead atoms. The Morgan fingerprint density at radius 2 is 1.76 bits per heavy atom. The van der Waals surface area contributed by atoms with Gasteiger partial charge in [-0.15, -0.1) is 0 Å². The molecule has 0 aromatic heterocycles. The van der Waals surface area contributed by atoms with Crippen molar-refractivity contribution in [3.05, 3.63) is 66.2 Å². The van der Waals surface area contributed by atoms with Gasteiger partial charge in [0.05, 0.1) is 13.7 Å². The van der Waals surface area contributed by atoms with Crippen LogP contribution in [-0.4, -0.2) is 20.3 Å². The molecule has 0 atom stereocenters. The fourth-order valence-corrected chi connectivity index (χ4v) is 1.95. The molecule has 21 heavy (non-hydrogen) atoms. The molecule has 0 fully saturated rings. The molecule has 0 heterocycles. The first-order chi connectivity index (χ1) is 10.3. The van der Waals surface area contributed by atoms with Crippen molar-refractivity contribution in [3.8, 4) is 5.75 Å². The molecule has 0 saturated heterocycles. The van der Waals surface area contributed by atoms with Crippen molar-refractivity contribution >= 4 is 11.4 Å². The minimum atomic E-state index is 0.587. The number of benzene rings is 2. The Hall–Kier alpha value is -2.26. The molecule has 0 aliphatic rings. The van der Waals surface area contributed by atoms with E-state index < -0.39 is 0 Å². The second kappa shape index (κ2) is 8.12. The van der Waals surface area contributed by atoms with Gasteiger partial charge < -0.3 is 14.8 Å². The van der Waals surface area contributed by atoms with Crippen molar-refractivity contribution in [2.24, 2.45) is 0 Å². The highest BCUT2D eigenvalue weighted by Crippen LogP contribution is 2.21. The maximum atomic E-state index is 5.42. The van der Waals surface area contributed by atoms with E-state index in [0.717, 1.165) is 22.7 Å². The van der Waals surface area contributed by atoms with Crippen molar-refractivity contribution in [3.63, 3.8) is 0 Å². The highest BCUT2D eigenvalue weighted by Gasteiger charge is 2.02. The quantitative estimate of drug-likeness (QED) is 0.773. The van der Waals surface area contributed by atoms with E-state index in [0.29, 0.717) is 13.2 Å². The second-order valence-corrected chi connectivity index (χ2v) is 4.50. The second-order valence-electron chi connectivity index (χ2n) is 4.50. The number of rotatable bonds is 7. The summed E-state index contributed by atoms with van der Waals surface area (Å²) >= 11 is 0. The fourth-order valence-electron chi connectivity index (χ4n) is 1.95. The van der Waals surface area contributed by atoms with Crippen LogP contribution in [0.4, 0.5) is 5.69 Å². The Kier molecular flexibility index (Phi) is 5.85. The van der Waals surface area contributed by atoms with Gasteiger partial charge in [-0.3, -0.25) is 0 Å². The number of hydrogen-bond donors (Lipinski definition) is 1. The number of anilines is 1. The van der Waals surface area contributed by atoms with Crippen LogP contribution in [-0.2, 0) is 4.74 Å². The van der Waals surface area contributed by atoms with Crippen LogP contribution in [0.25, 0.3) is 5.70 Å². The predicted octanol–water partition coefficient (Wildman–Crippen LogP) is 4.18. The third-order valence-corrected chi connectivity index (χ3v) is 3.06. The minimum absolute atomic E-state index is 0.587. The lowest BCUT2D eigenvalue weighted by molar-refractivity contribution is 0.178. The summed E-state index contributed by atoms with van der Waals surface area (Å²) in [7, 11) is 1.67. The molecule has 0 amide bonds. The van der Waals surface area contributed by atoms with E-state index in [1.165, 1.54) is 0 Å². The van der Waals surface area contributed by atoms with Gasteiger partial charge in [0.1, 0.15) is 5.75 Å². The monoisotopic (exact) mass is 283 g/mol. The lowest BCUT2D eigenvalue weighted by Gasteiger charge is -2.12. The molecule has 0 aliphatic carbocycles. The zero-order valence-electron chi connectivity index (χ0n) is 12.5. The summed E-state index contributed by atoms with van der Waals surface area (Å²) in [4.78, 5) is 0. The van der Waals surface area contributed by atoms with Gasteiger partial charge in [-0.1, -0.05) is 30.3 Å². The van der Waals surface area contributed by atoms with Crippen LogP contribution < -0.4 is 10.1 Å². The van der Waals surface area contributed by atoms with Gasteiger partial charge in [-0.2, -0.15) is 0 Å². The summed E-state index contributed by atoms with van der Waals surface area (Å²) in [5.41, 5.74) is 3.18. The van der Waals surface area contributed by atoms with Crippen molar-refractivity contribution in [2.75, 3.05) is 25.6 Å². The summed E-state index contributed by atoms with van der Waals surface area (Å²) in [6, 6.07) is 18.1. The average molecular weight is 283 g/mol. The number of ether oxygens (including phenoxy) is 2. The van der Waals surface area contributed by atoms with Crippen molar-refractivity contribution in [2.45, 2.75) is 6.92 Å². The van der Waals surface area contributed by atoms with Gasteiger partial charge in [-0.25, -0.2) is 0 Å². The molecule has 3 nitrogen and oxygen atoms in total. The van der Waals surface area contributed by atoms with E-state index in [1.54, 1.807) is 7.11 Å². The number of nitrogens with one attached hydrogen (secondary N) is 1. The van der Waals surface area contributed by atoms with Gasteiger partial charge in [0.2, 0.25) is 0 Å². The highest BCUT2D eigenvalue weighted by atomic mass is 16.5. The van der Waals surface area contributed by atoms with Crippen molar-refractivity contribution < 1.29 is 9.47 Å². The molecule has 2 rings (SSSR count). The van der Waals surface area contributed by atoms with E-state index in [-0.39, 0.29) is 0 Å². The molecule has 0 aliphatic heterocycles. The maximum Gasteiger partial charge on any atom is 0.119 e. The zero-order valence-corrected chi connectivity index (χ0v) is 12.5. The van der Waals surface area contributed by atoms with E-state index in [1.807, 2.05) is 49.4 Å². The summed E-state index contributed by atoms with van der Waals surface area (Å²) in [6.45, 7) is 3.29. The Bertz CT molecular complexity index is 562. The van der Waals surface area contributed by atoms with Crippen LogP contribution in [0.2, 0.25) is 0 Å². The third-order valence-electron chi connectivity index (χ3n) is 3.06. The predicted molar refractivity (Wildman–Crippen MR) is 87.5 cm³/mol. The smallest absolute Gasteiger partial charge is 0.119 e. The Morgan fingerprint density at radius 1 is 1.05 bits per heavy atom. The van der Waals surface area contributed by atoms with E-state index in [9.17, 15) is 0 Å². The molecule has 3 heteroatoms. The lowest BCUT2D eigenvalue weighted by atomic mass is 10.1. The van der Waals surface area contributed by atoms with Crippen LogP contribution in [0.5, 0.6) is 5.75 Å². The van der Waals surface area contributed by atoms with Crippen LogP contribution in [0.1, 0.15) is 12.5 Å². The van der Waals surface area contributed by atoms with Gasteiger partial charge in [0.25, 0.3) is 0 Å². The minimum Gasteiger partial charge on any atom is -0.497 e. The topological polar surface area (TPSA) is 30.5 Å². The summed E-state index contributed by atoms with van der Waals surface area (Å²) in [5, 5.41) is 3.43. The third kappa shape index (κ3) is 4.65. The molecule has 0 radical (unpaired) electrons. The zero-order chi connectivity index (χ0) is 14.9. The molecule has 2 aromatic rings. The first-order valence-electron chi connectivity index (χ1n) is 7.08. The SMILES string of the molecule is CCOC/C=C(/Nc1ccc(OC)cc1)c1ccccc1. The molecule has 0 saturated carbocycles. The first kappa shape index (κ1) is 15.1. The van der Waals surface area contributed by atoms with E-state index >= 15 is 0 Å². The fraction of sp³-hybridized carbons (Fsp3) is 0.222. The van der Waals surface area contributed by atoms with E-state index in [2.05, 4.69) is 23.5 Å². The van der Waals surface area contributed by atoms with E-state index in [4.69, 9.17) is 9.47 Å². The van der Waals surface area contributed by atoms with Crippen LogP contribution in [0.15, 0.2) is 60.7 Å². The van der Waals surface area contributed by atoms with Crippen LogP contribution in [0.3, 0.4) is 0 Å².